The molecule has 0 fully saturated rings. The highest BCUT2D eigenvalue weighted by atomic mass is 35.5. The summed E-state index contributed by atoms with van der Waals surface area (Å²) < 4.78 is 0. The number of rotatable bonds is 3. The van der Waals surface area contributed by atoms with Crippen LogP contribution in [-0.2, 0) is 11.2 Å². The fourth-order valence-electron chi connectivity index (χ4n) is 1.67. The Kier molecular flexibility index (Phi) is 3.95. The molecule has 18 heavy (non-hydrogen) atoms. The standard InChI is InChI=1S/C14H13ClN2O/c1-10-4-2-3-5-11(10)8-14(18)17-12-6-7-16-13(15)9-12/h2-7,9H,8H2,1H3,(H,16,17,18). The van der Waals surface area contributed by atoms with Crippen LogP contribution in [0.5, 0.6) is 0 Å². The molecule has 0 spiro atoms. The van der Waals surface area contributed by atoms with Gasteiger partial charge < -0.3 is 5.32 Å². The Morgan fingerprint density at radius 1 is 1.33 bits per heavy atom. The number of halogens is 1. The first kappa shape index (κ1) is 12.6. The van der Waals surface area contributed by atoms with Gasteiger partial charge in [-0.15, -0.1) is 0 Å². The van der Waals surface area contributed by atoms with Crippen molar-refractivity contribution < 1.29 is 4.79 Å². The second kappa shape index (κ2) is 5.65. The van der Waals surface area contributed by atoms with Crippen LogP contribution in [0.2, 0.25) is 5.15 Å². The second-order valence-electron chi connectivity index (χ2n) is 4.02. The third kappa shape index (κ3) is 3.31. The highest BCUT2D eigenvalue weighted by Gasteiger charge is 2.06. The summed E-state index contributed by atoms with van der Waals surface area (Å²) in [5.41, 5.74) is 2.80. The van der Waals surface area contributed by atoms with Crippen LogP contribution in [0.3, 0.4) is 0 Å². The van der Waals surface area contributed by atoms with Crippen LogP contribution >= 0.6 is 11.6 Å². The number of nitrogens with zero attached hydrogens (tertiary/aromatic N) is 1. The number of carbonyl (C=O) groups excluding carboxylic acids is 1. The summed E-state index contributed by atoms with van der Waals surface area (Å²) in [5.74, 6) is -0.0634. The smallest absolute Gasteiger partial charge is 0.228 e. The molecular weight excluding hydrogens is 248 g/mol. The Balaban J connectivity index is 2.03. The highest BCUT2D eigenvalue weighted by molar-refractivity contribution is 6.29. The summed E-state index contributed by atoms with van der Waals surface area (Å²) in [6.07, 6.45) is 1.92. The number of carbonyl (C=O) groups is 1. The Morgan fingerprint density at radius 3 is 2.83 bits per heavy atom. The molecule has 0 aliphatic heterocycles. The van der Waals surface area contributed by atoms with Crippen molar-refractivity contribution in [1.29, 1.82) is 0 Å². The van der Waals surface area contributed by atoms with Gasteiger partial charge in [0.2, 0.25) is 5.91 Å². The lowest BCUT2D eigenvalue weighted by Crippen LogP contribution is -2.15. The summed E-state index contributed by atoms with van der Waals surface area (Å²) in [6.45, 7) is 1.99. The molecule has 0 radical (unpaired) electrons. The summed E-state index contributed by atoms with van der Waals surface area (Å²) in [7, 11) is 0. The lowest BCUT2D eigenvalue weighted by Gasteiger charge is -2.07. The molecule has 92 valence electrons. The maximum absolute atomic E-state index is 11.9. The lowest BCUT2D eigenvalue weighted by atomic mass is 10.1. The Labute approximate surface area is 111 Å². The van der Waals surface area contributed by atoms with Crippen molar-refractivity contribution in [2.45, 2.75) is 13.3 Å². The van der Waals surface area contributed by atoms with E-state index in [1.54, 1.807) is 18.3 Å². The number of nitrogens with one attached hydrogen (secondary N) is 1. The molecule has 1 N–H and O–H groups in total. The van der Waals surface area contributed by atoms with Gasteiger partial charge in [-0.2, -0.15) is 0 Å². The zero-order chi connectivity index (χ0) is 13.0. The van der Waals surface area contributed by atoms with Gasteiger partial charge in [-0.1, -0.05) is 35.9 Å². The quantitative estimate of drug-likeness (QED) is 0.861. The predicted octanol–water partition coefficient (Wildman–Crippen LogP) is 3.22. The molecule has 1 aromatic carbocycles. The topological polar surface area (TPSA) is 42.0 Å². The van der Waals surface area contributed by atoms with Gasteiger partial charge in [0, 0.05) is 11.9 Å². The minimum atomic E-state index is -0.0634. The van der Waals surface area contributed by atoms with E-state index in [2.05, 4.69) is 10.3 Å². The zero-order valence-electron chi connectivity index (χ0n) is 9.98. The molecule has 2 rings (SSSR count). The summed E-state index contributed by atoms with van der Waals surface area (Å²) in [5, 5.41) is 3.16. The predicted molar refractivity (Wildman–Crippen MR) is 72.8 cm³/mol. The molecule has 0 saturated carbocycles. The number of aromatic nitrogens is 1. The minimum absolute atomic E-state index is 0.0634. The molecule has 3 nitrogen and oxygen atoms in total. The van der Waals surface area contributed by atoms with Gasteiger partial charge in [0.1, 0.15) is 5.15 Å². The monoisotopic (exact) mass is 260 g/mol. The van der Waals surface area contributed by atoms with Crippen molar-refractivity contribution in [3.8, 4) is 0 Å². The van der Waals surface area contributed by atoms with E-state index in [4.69, 9.17) is 11.6 Å². The first-order valence-corrected chi connectivity index (χ1v) is 5.99. The van der Waals surface area contributed by atoms with Gasteiger partial charge in [-0.05, 0) is 30.2 Å². The van der Waals surface area contributed by atoms with E-state index in [9.17, 15) is 4.79 Å². The van der Waals surface area contributed by atoms with E-state index in [0.29, 0.717) is 17.3 Å². The average Bonchev–Trinajstić information content (AvgIpc) is 2.32. The molecule has 0 unspecified atom stereocenters. The maximum Gasteiger partial charge on any atom is 0.228 e. The van der Waals surface area contributed by atoms with Crippen LogP contribution in [0, 0.1) is 6.92 Å². The number of benzene rings is 1. The molecule has 0 aliphatic carbocycles. The molecular formula is C14H13ClN2O. The van der Waals surface area contributed by atoms with Crippen molar-refractivity contribution >= 4 is 23.2 Å². The van der Waals surface area contributed by atoms with Crippen LogP contribution < -0.4 is 5.32 Å². The van der Waals surface area contributed by atoms with E-state index < -0.39 is 0 Å². The van der Waals surface area contributed by atoms with Crippen LogP contribution in [-0.4, -0.2) is 10.9 Å². The van der Waals surface area contributed by atoms with Crippen LogP contribution in [0.15, 0.2) is 42.6 Å². The van der Waals surface area contributed by atoms with E-state index >= 15 is 0 Å². The summed E-state index contributed by atoms with van der Waals surface area (Å²) >= 11 is 5.75. The van der Waals surface area contributed by atoms with E-state index in [1.165, 1.54) is 0 Å². The molecule has 0 saturated heterocycles. The lowest BCUT2D eigenvalue weighted by molar-refractivity contribution is -0.115. The molecule has 1 heterocycles. The summed E-state index contributed by atoms with van der Waals surface area (Å²) in [6, 6.07) is 11.2. The average molecular weight is 261 g/mol. The van der Waals surface area contributed by atoms with Crippen molar-refractivity contribution in [2.24, 2.45) is 0 Å². The van der Waals surface area contributed by atoms with Crippen molar-refractivity contribution in [3.05, 3.63) is 58.9 Å². The molecule has 4 heteroatoms. The second-order valence-corrected chi connectivity index (χ2v) is 4.41. The Morgan fingerprint density at radius 2 is 2.11 bits per heavy atom. The van der Waals surface area contributed by atoms with Gasteiger partial charge in [0.05, 0.1) is 6.42 Å². The number of pyridine rings is 1. The molecule has 1 aromatic heterocycles. The normalized spacial score (nSPS) is 10.1. The molecule has 0 aliphatic rings. The Hall–Kier alpha value is -1.87. The van der Waals surface area contributed by atoms with E-state index in [1.807, 2.05) is 31.2 Å². The minimum Gasteiger partial charge on any atom is -0.326 e. The summed E-state index contributed by atoms with van der Waals surface area (Å²) in [4.78, 5) is 15.7. The maximum atomic E-state index is 11.9. The Bertz CT molecular complexity index is 569. The third-order valence-corrected chi connectivity index (χ3v) is 2.83. The van der Waals surface area contributed by atoms with Gasteiger partial charge in [-0.3, -0.25) is 4.79 Å². The fourth-order valence-corrected chi connectivity index (χ4v) is 1.84. The van der Waals surface area contributed by atoms with E-state index in [-0.39, 0.29) is 5.91 Å². The fraction of sp³-hybridized carbons (Fsp3) is 0.143. The van der Waals surface area contributed by atoms with Crippen LogP contribution in [0.25, 0.3) is 0 Å². The number of anilines is 1. The highest BCUT2D eigenvalue weighted by Crippen LogP contribution is 2.13. The molecule has 0 bridgehead atoms. The van der Waals surface area contributed by atoms with Gasteiger partial charge in [-0.25, -0.2) is 4.98 Å². The number of amides is 1. The van der Waals surface area contributed by atoms with Crippen molar-refractivity contribution in [1.82, 2.24) is 4.98 Å². The zero-order valence-corrected chi connectivity index (χ0v) is 10.7. The third-order valence-electron chi connectivity index (χ3n) is 2.62. The number of hydrogen-bond donors (Lipinski definition) is 1. The number of aryl methyl sites for hydroxylation is 1. The first-order chi connectivity index (χ1) is 8.65. The van der Waals surface area contributed by atoms with Gasteiger partial charge in [0.25, 0.3) is 0 Å². The van der Waals surface area contributed by atoms with Crippen molar-refractivity contribution in [2.75, 3.05) is 5.32 Å². The van der Waals surface area contributed by atoms with Crippen LogP contribution in [0.4, 0.5) is 5.69 Å². The van der Waals surface area contributed by atoms with Gasteiger partial charge >= 0.3 is 0 Å². The SMILES string of the molecule is Cc1ccccc1CC(=O)Nc1ccnc(Cl)c1. The first-order valence-electron chi connectivity index (χ1n) is 5.61. The van der Waals surface area contributed by atoms with Crippen molar-refractivity contribution in [3.63, 3.8) is 0 Å². The molecule has 1 amide bonds. The largest absolute Gasteiger partial charge is 0.326 e. The van der Waals surface area contributed by atoms with E-state index in [0.717, 1.165) is 11.1 Å². The molecule has 2 aromatic rings. The van der Waals surface area contributed by atoms with Crippen LogP contribution in [0.1, 0.15) is 11.1 Å². The number of hydrogen-bond acceptors (Lipinski definition) is 2. The molecule has 0 atom stereocenters. The van der Waals surface area contributed by atoms with Gasteiger partial charge in [0.15, 0.2) is 0 Å².